The van der Waals surface area contributed by atoms with Gasteiger partial charge in [-0.25, -0.2) is 9.97 Å². The van der Waals surface area contributed by atoms with Crippen molar-refractivity contribution in [3.8, 4) is 0 Å². The molecule has 1 saturated heterocycles. The van der Waals surface area contributed by atoms with Crippen molar-refractivity contribution in [3.05, 3.63) is 18.1 Å². The van der Waals surface area contributed by atoms with E-state index in [2.05, 4.69) is 14.9 Å². The van der Waals surface area contributed by atoms with Crippen molar-refractivity contribution < 1.29 is 5.11 Å². The summed E-state index contributed by atoms with van der Waals surface area (Å²) in [6.45, 7) is 2.52. The highest BCUT2D eigenvalue weighted by atomic mass is 16.3. The maximum absolute atomic E-state index is 9.36. The van der Waals surface area contributed by atoms with Crippen molar-refractivity contribution in [1.29, 1.82) is 0 Å². The average molecular weight is 208 g/mol. The first kappa shape index (κ1) is 10.3. The third-order valence-electron chi connectivity index (χ3n) is 2.65. The van der Waals surface area contributed by atoms with E-state index in [0.29, 0.717) is 5.82 Å². The molecule has 1 fully saturated rings. The number of aliphatic hydroxyl groups excluding tert-OH is 1. The molecule has 0 radical (unpaired) electrons. The van der Waals surface area contributed by atoms with E-state index < -0.39 is 0 Å². The number of rotatable bonds is 2. The predicted molar refractivity (Wildman–Crippen MR) is 57.0 cm³/mol. The summed E-state index contributed by atoms with van der Waals surface area (Å²) in [5.41, 5.74) is 5.58. The van der Waals surface area contributed by atoms with Crippen LogP contribution in [0.1, 0.15) is 18.7 Å². The highest BCUT2D eigenvalue weighted by molar-refractivity contribution is 5.24. The molecule has 0 aliphatic carbocycles. The lowest BCUT2D eigenvalue weighted by Crippen LogP contribution is -2.35. The lowest BCUT2D eigenvalue weighted by atomic mass is 10.1. The second-order valence-electron chi connectivity index (χ2n) is 3.91. The number of hydrogen-bond donors (Lipinski definition) is 2. The van der Waals surface area contributed by atoms with E-state index in [4.69, 9.17) is 5.73 Å². The van der Waals surface area contributed by atoms with Gasteiger partial charge in [0.15, 0.2) is 0 Å². The van der Waals surface area contributed by atoms with E-state index in [9.17, 15) is 5.11 Å². The maximum Gasteiger partial charge on any atom is 0.144 e. The zero-order valence-electron chi connectivity index (χ0n) is 8.63. The largest absolute Gasteiger partial charge is 0.393 e. The van der Waals surface area contributed by atoms with Gasteiger partial charge in [-0.1, -0.05) is 0 Å². The Morgan fingerprint density at radius 2 is 2.20 bits per heavy atom. The minimum Gasteiger partial charge on any atom is -0.393 e. The molecule has 3 N–H and O–H groups in total. The molecule has 2 rings (SSSR count). The van der Waals surface area contributed by atoms with Gasteiger partial charge in [-0.15, -0.1) is 0 Å². The maximum atomic E-state index is 9.36. The molecule has 0 atom stereocenters. The second kappa shape index (κ2) is 4.55. The van der Waals surface area contributed by atoms with Crippen LogP contribution in [-0.4, -0.2) is 39.2 Å². The van der Waals surface area contributed by atoms with Gasteiger partial charge in [0.05, 0.1) is 12.6 Å². The summed E-state index contributed by atoms with van der Waals surface area (Å²) in [5, 5.41) is 9.36. The van der Waals surface area contributed by atoms with Gasteiger partial charge in [0.1, 0.15) is 11.6 Å². The number of nitrogen functional groups attached to an aromatic ring is 1. The van der Waals surface area contributed by atoms with Crippen molar-refractivity contribution in [1.82, 2.24) is 14.9 Å². The minimum absolute atomic E-state index is 0.136. The van der Waals surface area contributed by atoms with Crippen LogP contribution in [0, 0.1) is 0 Å². The monoisotopic (exact) mass is 208 g/mol. The summed E-state index contributed by atoms with van der Waals surface area (Å²) in [6, 6.07) is 1.68. The first-order valence-corrected chi connectivity index (χ1v) is 5.22. The molecule has 1 aliphatic rings. The fourth-order valence-electron chi connectivity index (χ4n) is 1.77. The molecule has 1 aromatic heterocycles. The first-order valence-electron chi connectivity index (χ1n) is 5.22. The topological polar surface area (TPSA) is 75.3 Å². The summed E-state index contributed by atoms with van der Waals surface area (Å²) in [4.78, 5) is 10.5. The van der Waals surface area contributed by atoms with Gasteiger partial charge in [-0.3, -0.25) is 4.90 Å². The standard InChI is InChI=1S/C10H16N4O/c11-9-1-4-12-10(13-9)7-14-5-2-8(15)3-6-14/h1,4,8,15H,2-3,5-7H2,(H2,11,12,13). The molecular weight excluding hydrogens is 192 g/mol. The van der Waals surface area contributed by atoms with Crippen LogP contribution in [-0.2, 0) is 6.54 Å². The number of aromatic nitrogens is 2. The molecule has 0 saturated carbocycles. The Hall–Kier alpha value is -1.20. The van der Waals surface area contributed by atoms with Crippen molar-refractivity contribution in [2.75, 3.05) is 18.8 Å². The number of anilines is 1. The van der Waals surface area contributed by atoms with Gasteiger partial charge in [0.25, 0.3) is 0 Å². The van der Waals surface area contributed by atoms with Crippen LogP contribution in [0.25, 0.3) is 0 Å². The SMILES string of the molecule is Nc1ccnc(CN2CCC(O)CC2)n1. The summed E-state index contributed by atoms with van der Waals surface area (Å²) in [5.74, 6) is 1.27. The Morgan fingerprint density at radius 3 is 2.87 bits per heavy atom. The third kappa shape index (κ3) is 2.87. The molecule has 2 heterocycles. The smallest absolute Gasteiger partial charge is 0.144 e. The lowest BCUT2D eigenvalue weighted by molar-refractivity contribution is 0.0780. The van der Waals surface area contributed by atoms with Crippen molar-refractivity contribution in [3.63, 3.8) is 0 Å². The van der Waals surface area contributed by atoms with Gasteiger partial charge >= 0.3 is 0 Å². The highest BCUT2D eigenvalue weighted by Crippen LogP contribution is 2.11. The van der Waals surface area contributed by atoms with Crippen LogP contribution in [0.2, 0.25) is 0 Å². The average Bonchev–Trinajstić information content (AvgIpc) is 2.22. The van der Waals surface area contributed by atoms with E-state index in [1.165, 1.54) is 0 Å². The number of likely N-dealkylation sites (tertiary alicyclic amines) is 1. The molecule has 5 nitrogen and oxygen atoms in total. The molecule has 1 aliphatic heterocycles. The molecular formula is C10H16N4O. The number of piperidine rings is 1. The molecule has 0 spiro atoms. The van der Waals surface area contributed by atoms with Crippen molar-refractivity contribution in [2.45, 2.75) is 25.5 Å². The first-order chi connectivity index (χ1) is 7.24. The normalized spacial score (nSPS) is 19.3. The summed E-state index contributed by atoms with van der Waals surface area (Å²) < 4.78 is 0. The number of nitrogens with zero attached hydrogens (tertiary/aromatic N) is 3. The number of nitrogens with two attached hydrogens (primary N) is 1. The number of hydrogen-bond acceptors (Lipinski definition) is 5. The Kier molecular flexibility index (Phi) is 3.13. The van der Waals surface area contributed by atoms with Crippen molar-refractivity contribution in [2.24, 2.45) is 0 Å². The summed E-state index contributed by atoms with van der Waals surface area (Å²) in [7, 11) is 0. The van der Waals surface area contributed by atoms with Crippen LogP contribution in [0.4, 0.5) is 5.82 Å². The Bertz CT molecular complexity index is 323. The molecule has 1 aromatic rings. The lowest BCUT2D eigenvalue weighted by Gasteiger charge is -2.28. The van der Waals surface area contributed by atoms with Gasteiger partial charge in [0, 0.05) is 19.3 Å². The molecule has 82 valence electrons. The van der Waals surface area contributed by atoms with E-state index in [-0.39, 0.29) is 6.10 Å². The Labute approximate surface area is 88.9 Å². The van der Waals surface area contributed by atoms with E-state index in [1.807, 2.05) is 0 Å². The fraction of sp³-hybridized carbons (Fsp3) is 0.600. The second-order valence-corrected chi connectivity index (χ2v) is 3.91. The van der Waals surface area contributed by atoms with Crippen LogP contribution in [0.5, 0.6) is 0 Å². The van der Waals surface area contributed by atoms with E-state index >= 15 is 0 Å². The van der Waals surface area contributed by atoms with E-state index in [0.717, 1.165) is 38.3 Å². The fourth-order valence-corrected chi connectivity index (χ4v) is 1.77. The number of aliphatic hydroxyl groups is 1. The Balaban J connectivity index is 1.92. The van der Waals surface area contributed by atoms with Crippen LogP contribution in [0.15, 0.2) is 12.3 Å². The molecule has 0 aromatic carbocycles. The Morgan fingerprint density at radius 1 is 1.47 bits per heavy atom. The van der Waals surface area contributed by atoms with Gasteiger partial charge in [0.2, 0.25) is 0 Å². The van der Waals surface area contributed by atoms with Crippen LogP contribution in [0.3, 0.4) is 0 Å². The molecule has 0 amide bonds. The van der Waals surface area contributed by atoms with Crippen LogP contribution < -0.4 is 5.73 Å². The zero-order valence-corrected chi connectivity index (χ0v) is 8.63. The molecule has 15 heavy (non-hydrogen) atoms. The third-order valence-corrected chi connectivity index (χ3v) is 2.65. The molecule has 0 bridgehead atoms. The highest BCUT2D eigenvalue weighted by Gasteiger charge is 2.17. The van der Waals surface area contributed by atoms with Gasteiger partial charge in [-0.05, 0) is 18.9 Å². The quantitative estimate of drug-likeness (QED) is 0.716. The minimum atomic E-state index is -0.136. The van der Waals surface area contributed by atoms with Crippen molar-refractivity contribution >= 4 is 5.82 Å². The molecule has 5 heteroatoms. The predicted octanol–water partition coefficient (Wildman–Crippen LogP) is 0.0155. The van der Waals surface area contributed by atoms with E-state index in [1.54, 1.807) is 12.3 Å². The summed E-state index contributed by atoms with van der Waals surface area (Å²) >= 11 is 0. The van der Waals surface area contributed by atoms with Crippen LogP contribution >= 0.6 is 0 Å². The zero-order chi connectivity index (χ0) is 10.7. The van der Waals surface area contributed by atoms with Gasteiger partial charge in [-0.2, -0.15) is 0 Å². The van der Waals surface area contributed by atoms with Gasteiger partial charge < -0.3 is 10.8 Å². The summed E-state index contributed by atoms with van der Waals surface area (Å²) in [6.07, 6.45) is 3.21. The molecule has 0 unspecified atom stereocenters.